The molecule has 3 N–H and O–H groups in total. The molecule has 1 atom stereocenters. The molecular weight excluding hydrogens is 378 g/mol. The van der Waals surface area contributed by atoms with Gasteiger partial charge >= 0.3 is 0 Å². The van der Waals surface area contributed by atoms with Crippen LogP contribution in [-0.4, -0.2) is 33.0 Å². The summed E-state index contributed by atoms with van der Waals surface area (Å²) in [5.74, 6) is -0.770. The zero-order chi connectivity index (χ0) is 20.6. The fourth-order valence-electron chi connectivity index (χ4n) is 2.50. The standard InChI is InChI=1S/C20H23N3O4S/c1-15(17-10-6-7-11-18(17)23-28(2,26)27)22-20(25)14-21-19(24)13-12-16-8-4-3-5-9-16/h3-13,15,23H,14H2,1-2H3,(H,21,24)(H,22,25)/b13-12+. The minimum atomic E-state index is -3.44. The van der Waals surface area contributed by atoms with E-state index in [0.717, 1.165) is 11.8 Å². The van der Waals surface area contributed by atoms with Crippen LogP contribution in [0.4, 0.5) is 5.69 Å². The summed E-state index contributed by atoms with van der Waals surface area (Å²) in [7, 11) is -3.44. The monoisotopic (exact) mass is 401 g/mol. The molecule has 7 nitrogen and oxygen atoms in total. The molecule has 0 saturated heterocycles. The second-order valence-corrected chi connectivity index (χ2v) is 7.96. The van der Waals surface area contributed by atoms with Crippen molar-refractivity contribution < 1.29 is 18.0 Å². The Hall–Kier alpha value is -3.13. The molecule has 0 fully saturated rings. The molecule has 0 radical (unpaired) electrons. The molecule has 0 heterocycles. The molecule has 0 aliphatic heterocycles. The van der Waals surface area contributed by atoms with E-state index in [1.165, 1.54) is 6.08 Å². The SMILES string of the molecule is CC(NC(=O)CNC(=O)/C=C/c1ccccc1)c1ccccc1NS(C)(=O)=O. The van der Waals surface area contributed by atoms with E-state index in [1.807, 2.05) is 30.3 Å². The van der Waals surface area contributed by atoms with Gasteiger partial charge < -0.3 is 10.6 Å². The first kappa shape index (κ1) is 21.2. The number of nitrogens with one attached hydrogen (secondary N) is 3. The molecule has 0 bridgehead atoms. The molecule has 0 aliphatic carbocycles. The third-order valence-electron chi connectivity index (χ3n) is 3.75. The van der Waals surface area contributed by atoms with E-state index in [0.29, 0.717) is 11.3 Å². The van der Waals surface area contributed by atoms with Crippen LogP contribution < -0.4 is 15.4 Å². The van der Waals surface area contributed by atoms with Crippen molar-refractivity contribution in [1.82, 2.24) is 10.6 Å². The van der Waals surface area contributed by atoms with Crippen LogP contribution in [0.5, 0.6) is 0 Å². The van der Waals surface area contributed by atoms with Crippen LogP contribution in [0.15, 0.2) is 60.7 Å². The molecule has 148 valence electrons. The normalized spacial score (nSPS) is 12.4. The summed E-state index contributed by atoms with van der Waals surface area (Å²) in [5, 5.41) is 5.25. The van der Waals surface area contributed by atoms with Crippen LogP contribution in [0, 0.1) is 0 Å². The van der Waals surface area contributed by atoms with E-state index in [2.05, 4.69) is 15.4 Å². The molecule has 0 aromatic heterocycles. The number of amides is 2. The number of carbonyl (C=O) groups is 2. The minimum Gasteiger partial charge on any atom is -0.348 e. The largest absolute Gasteiger partial charge is 0.348 e. The van der Waals surface area contributed by atoms with Crippen molar-refractivity contribution in [2.45, 2.75) is 13.0 Å². The second-order valence-electron chi connectivity index (χ2n) is 6.21. The van der Waals surface area contributed by atoms with Crippen LogP contribution in [-0.2, 0) is 19.6 Å². The Labute approximate surface area is 164 Å². The summed E-state index contributed by atoms with van der Waals surface area (Å²) < 4.78 is 25.4. The van der Waals surface area contributed by atoms with Gasteiger partial charge in [-0.25, -0.2) is 8.42 Å². The van der Waals surface area contributed by atoms with Crippen molar-refractivity contribution in [3.05, 3.63) is 71.8 Å². The van der Waals surface area contributed by atoms with Gasteiger partial charge in [-0.2, -0.15) is 0 Å². The smallest absolute Gasteiger partial charge is 0.244 e. The maximum absolute atomic E-state index is 12.1. The van der Waals surface area contributed by atoms with Gasteiger partial charge in [0.2, 0.25) is 21.8 Å². The van der Waals surface area contributed by atoms with Gasteiger partial charge in [-0.3, -0.25) is 14.3 Å². The topological polar surface area (TPSA) is 104 Å². The number of sulfonamides is 1. The van der Waals surface area contributed by atoms with Crippen molar-refractivity contribution in [1.29, 1.82) is 0 Å². The molecule has 2 aromatic carbocycles. The molecule has 8 heteroatoms. The summed E-state index contributed by atoms with van der Waals surface area (Å²) in [6, 6.07) is 15.7. The highest BCUT2D eigenvalue weighted by Gasteiger charge is 2.15. The lowest BCUT2D eigenvalue weighted by molar-refractivity contribution is -0.124. The molecule has 2 aromatic rings. The van der Waals surface area contributed by atoms with Gasteiger partial charge in [0.25, 0.3) is 0 Å². The lowest BCUT2D eigenvalue weighted by atomic mass is 10.1. The molecular formula is C20H23N3O4S. The lowest BCUT2D eigenvalue weighted by Crippen LogP contribution is -2.37. The quantitative estimate of drug-likeness (QED) is 0.589. The van der Waals surface area contributed by atoms with E-state index >= 15 is 0 Å². The predicted octanol–water partition coefficient (Wildman–Crippen LogP) is 2.06. The van der Waals surface area contributed by atoms with Gasteiger partial charge in [0.15, 0.2) is 0 Å². The highest BCUT2D eigenvalue weighted by atomic mass is 32.2. The number of anilines is 1. The Morgan fingerprint density at radius 3 is 2.36 bits per heavy atom. The fourth-order valence-corrected chi connectivity index (χ4v) is 3.09. The van der Waals surface area contributed by atoms with Gasteiger partial charge in [0, 0.05) is 6.08 Å². The van der Waals surface area contributed by atoms with Gasteiger partial charge in [-0.15, -0.1) is 0 Å². The van der Waals surface area contributed by atoms with Gasteiger partial charge in [0.1, 0.15) is 0 Å². The zero-order valence-electron chi connectivity index (χ0n) is 15.7. The summed E-state index contributed by atoms with van der Waals surface area (Å²) in [4.78, 5) is 23.9. The number of carbonyl (C=O) groups excluding carboxylic acids is 2. The Morgan fingerprint density at radius 2 is 1.68 bits per heavy atom. The van der Waals surface area contributed by atoms with E-state index in [9.17, 15) is 18.0 Å². The molecule has 28 heavy (non-hydrogen) atoms. The van der Waals surface area contributed by atoms with Crippen molar-refractivity contribution in [3.8, 4) is 0 Å². The predicted molar refractivity (Wildman–Crippen MR) is 110 cm³/mol. The van der Waals surface area contributed by atoms with Crippen molar-refractivity contribution in [2.75, 3.05) is 17.5 Å². The third-order valence-corrected chi connectivity index (χ3v) is 4.34. The van der Waals surface area contributed by atoms with E-state index in [-0.39, 0.29) is 18.4 Å². The molecule has 1 unspecified atom stereocenters. The number of hydrogen-bond acceptors (Lipinski definition) is 4. The Kier molecular flexibility index (Phi) is 7.34. The van der Waals surface area contributed by atoms with Gasteiger partial charge in [0.05, 0.1) is 24.5 Å². The first-order valence-electron chi connectivity index (χ1n) is 8.61. The Balaban J connectivity index is 1.89. The van der Waals surface area contributed by atoms with Gasteiger partial charge in [-0.1, -0.05) is 48.5 Å². The molecule has 0 aliphatic rings. The van der Waals surface area contributed by atoms with Crippen LogP contribution in [0.2, 0.25) is 0 Å². The third kappa shape index (κ3) is 7.24. The molecule has 2 amide bonds. The van der Waals surface area contributed by atoms with E-state index in [4.69, 9.17) is 0 Å². The summed E-state index contributed by atoms with van der Waals surface area (Å²) >= 11 is 0. The maximum Gasteiger partial charge on any atom is 0.244 e. The summed E-state index contributed by atoms with van der Waals surface area (Å²) in [6.45, 7) is 1.54. The van der Waals surface area contributed by atoms with Gasteiger partial charge in [-0.05, 0) is 30.2 Å². The van der Waals surface area contributed by atoms with Crippen LogP contribution in [0.3, 0.4) is 0 Å². The first-order valence-corrected chi connectivity index (χ1v) is 10.5. The number of rotatable bonds is 8. The second kappa shape index (κ2) is 9.70. The molecule has 0 saturated carbocycles. The molecule has 0 spiro atoms. The average Bonchev–Trinajstić information content (AvgIpc) is 2.64. The number of hydrogen-bond donors (Lipinski definition) is 3. The average molecular weight is 401 g/mol. The van der Waals surface area contributed by atoms with Crippen molar-refractivity contribution in [3.63, 3.8) is 0 Å². The van der Waals surface area contributed by atoms with Crippen LogP contribution in [0.1, 0.15) is 24.1 Å². The van der Waals surface area contributed by atoms with E-state index in [1.54, 1.807) is 37.3 Å². The fraction of sp³-hybridized carbons (Fsp3) is 0.200. The summed E-state index contributed by atoms with van der Waals surface area (Å²) in [6.07, 6.45) is 4.08. The minimum absolute atomic E-state index is 0.191. The van der Waals surface area contributed by atoms with Crippen molar-refractivity contribution in [2.24, 2.45) is 0 Å². The van der Waals surface area contributed by atoms with Crippen molar-refractivity contribution >= 4 is 33.6 Å². The maximum atomic E-state index is 12.1. The Bertz CT molecular complexity index is 956. The number of benzene rings is 2. The highest BCUT2D eigenvalue weighted by Crippen LogP contribution is 2.23. The van der Waals surface area contributed by atoms with Crippen LogP contribution >= 0.6 is 0 Å². The highest BCUT2D eigenvalue weighted by molar-refractivity contribution is 7.92. The molecule has 2 rings (SSSR count). The zero-order valence-corrected chi connectivity index (χ0v) is 16.5. The first-order chi connectivity index (χ1) is 13.2. The van der Waals surface area contributed by atoms with E-state index < -0.39 is 16.1 Å². The van der Waals surface area contributed by atoms with Crippen LogP contribution in [0.25, 0.3) is 6.08 Å². The summed E-state index contributed by atoms with van der Waals surface area (Å²) in [5.41, 5.74) is 1.90. The number of para-hydroxylation sites is 1. The lowest BCUT2D eigenvalue weighted by Gasteiger charge is -2.18. The Morgan fingerprint density at radius 1 is 1.04 bits per heavy atom.